The second-order valence-corrected chi connectivity index (χ2v) is 7.78. The van der Waals surface area contributed by atoms with Crippen LogP contribution in [-0.4, -0.2) is 46.3 Å². The molecule has 1 N–H and O–H groups in total. The molecule has 1 aromatic heterocycles. The van der Waals surface area contributed by atoms with E-state index in [-0.39, 0.29) is 18.1 Å². The van der Waals surface area contributed by atoms with Crippen molar-refractivity contribution in [3.8, 4) is 11.9 Å². The molecule has 1 aromatic carbocycles. The number of halogens is 1. The molecule has 2 saturated heterocycles. The Kier molecular flexibility index (Phi) is 4.97. The molecule has 27 heavy (non-hydrogen) atoms. The summed E-state index contributed by atoms with van der Waals surface area (Å²) in [4.78, 5) is 10.9. The first-order chi connectivity index (χ1) is 13.0. The van der Waals surface area contributed by atoms with Gasteiger partial charge in [0.15, 0.2) is 0 Å². The largest absolute Gasteiger partial charge is 0.481 e. The minimum atomic E-state index is -1.000. The van der Waals surface area contributed by atoms with E-state index in [1.807, 2.05) is 18.2 Å². The zero-order valence-corrected chi connectivity index (χ0v) is 16.3. The molecule has 2 aliphatic rings. The van der Waals surface area contributed by atoms with Gasteiger partial charge in [-0.1, -0.05) is 29.8 Å². The van der Waals surface area contributed by atoms with Gasteiger partial charge in [0.2, 0.25) is 5.88 Å². The van der Waals surface area contributed by atoms with Gasteiger partial charge in [-0.15, -0.1) is 0 Å². The number of methoxy groups -OCH3 is 2. The third-order valence-corrected chi connectivity index (χ3v) is 6.21. The summed E-state index contributed by atoms with van der Waals surface area (Å²) in [5.74, 6) is 0.378. The van der Waals surface area contributed by atoms with Crippen molar-refractivity contribution in [2.75, 3.05) is 14.2 Å². The Hall–Kier alpha value is -1.89. The van der Waals surface area contributed by atoms with Crippen molar-refractivity contribution in [2.24, 2.45) is 0 Å². The first-order valence-corrected chi connectivity index (χ1v) is 9.59. The molecule has 3 heterocycles. The number of fused-ring (bicyclic) bond motifs is 2. The summed E-state index contributed by atoms with van der Waals surface area (Å²) in [6.07, 6.45) is 5.02. The van der Waals surface area contributed by atoms with E-state index < -0.39 is 5.60 Å². The molecule has 2 bridgehead atoms. The maximum Gasteiger partial charge on any atom is 0.319 e. The summed E-state index contributed by atoms with van der Waals surface area (Å²) < 4.78 is 10.5. The van der Waals surface area contributed by atoms with E-state index in [1.165, 1.54) is 7.11 Å². The molecule has 0 saturated carbocycles. The quantitative estimate of drug-likeness (QED) is 0.847. The molecular weight excluding hydrogens is 366 g/mol. The van der Waals surface area contributed by atoms with Crippen LogP contribution in [0.3, 0.4) is 0 Å². The number of hydrogen-bond donors (Lipinski definition) is 1. The molecule has 6 nitrogen and oxygen atoms in total. The first-order valence-electron chi connectivity index (χ1n) is 9.21. The van der Waals surface area contributed by atoms with Gasteiger partial charge >= 0.3 is 6.01 Å². The molecule has 4 rings (SSSR count). The monoisotopic (exact) mass is 389 g/mol. The fourth-order valence-corrected chi connectivity index (χ4v) is 4.74. The van der Waals surface area contributed by atoms with Crippen molar-refractivity contribution < 1.29 is 14.6 Å². The summed E-state index contributed by atoms with van der Waals surface area (Å²) in [5.41, 5.74) is 0.771. The highest BCUT2D eigenvalue weighted by atomic mass is 35.5. The Balaban J connectivity index is 1.59. The van der Waals surface area contributed by atoms with E-state index in [2.05, 4.69) is 20.9 Å². The molecule has 0 spiro atoms. The number of piperidine rings is 1. The van der Waals surface area contributed by atoms with Crippen molar-refractivity contribution in [1.29, 1.82) is 0 Å². The van der Waals surface area contributed by atoms with Crippen LogP contribution in [0.25, 0.3) is 0 Å². The zero-order chi connectivity index (χ0) is 19.0. The normalized spacial score (nSPS) is 27.6. The molecule has 0 radical (unpaired) electrons. The predicted molar refractivity (Wildman–Crippen MR) is 102 cm³/mol. The van der Waals surface area contributed by atoms with Gasteiger partial charge in [-0.2, -0.15) is 4.98 Å². The zero-order valence-electron chi connectivity index (χ0n) is 15.6. The maximum atomic E-state index is 11.5. The van der Waals surface area contributed by atoms with Crippen LogP contribution in [0.5, 0.6) is 11.9 Å². The Labute approximate surface area is 164 Å². The molecule has 2 fully saturated rings. The predicted octanol–water partition coefficient (Wildman–Crippen LogP) is 3.16. The third kappa shape index (κ3) is 3.37. The maximum absolute atomic E-state index is 11.5. The fraction of sp³-hybridized carbons (Fsp3) is 0.500. The smallest absolute Gasteiger partial charge is 0.319 e. The van der Waals surface area contributed by atoms with E-state index in [4.69, 9.17) is 21.1 Å². The van der Waals surface area contributed by atoms with Crippen LogP contribution >= 0.6 is 11.6 Å². The van der Waals surface area contributed by atoms with Crippen LogP contribution in [0.1, 0.15) is 36.8 Å². The number of aliphatic hydroxyl groups is 1. The molecule has 0 aliphatic carbocycles. The number of ether oxygens (including phenoxy) is 2. The minimum absolute atomic E-state index is 0.235. The second-order valence-electron chi connectivity index (χ2n) is 7.37. The van der Waals surface area contributed by atoms with Crippen LogP contribution in [-0.2, 0) is 12.1 Å². The molecule has 2 unspecified atom stereocenters. The lowest BCUT2D eigenvalue weighted by molar-refractivity contribution is -0.0612. The van der Waals surface area contributed by atoms with Crippen LogP contribution in [0.15, 0.2) is 30.5 Å². The van der Waals surface area contributed by atoms with Crippen LogP contribution in [0.4, 0.5) is 0 Å². The lowest BCUT2D eigenvalue weighted by Crippen LogP contribution is -2.49. The van der Waals surface area contributed by atoms with Crippen molar-refractivity contribution in [3.05, 3.63) is 46.6 Å². The van der Waals surface area contributed by atoms with Gasteiger partial charge in [0, 0.05) is 29.8 Å². The lowest BCUT2D eigenvalue weighted by Gasteiger charge is -2.44. The SMILES string of the molecule is COc1ncc(C2(O)CC3CCC(C2)N3Cc2ccccc2Cl)c(OC)n1. The summed E-state index contributed by atoms with van der Waals surface area (Å²) in [6, 6.07) is 8.78. The topological polar surface area (TPSA) is 67.7 Å². The highest BCUT2D eigenvalue weighted by molar-refractivity contribution is 6.31. The van der Waals surface area contributed by atoms with Gasteiger partial charge < -0.3 is 14.6 Å². The molecule has 2 atom stereocenters. The highest BCUT2D eigenvalue weighted by Gasteiger charge is 2.49. The summed E-state index contributed by atoms with van der Waals surface area (Å²) in [7, 11) is 3.06. The molecule has 7 heteroatoms. The van der Waals surface area contributed by atoms with Gasteiger partial charge in [-0.25, -0.2) is 4.98 Å². The van der Waals surface area contributed by atoms with E-state index in [1.54, 1.807) is 13.3 Å². The van der Waals surface area contributed by atoms with Gasteiger partial charge in [0.25, 0.3) is 0 Å². The van der Waals surface area contributed by atoms with E-state index in [9.17, 15) is 5.11 Å². The van der Waals surface area contributed by atoms with Gasteiger partial charge in [0.1, 0.15) is 0 Å². The van der Waals surface area contributed by atoms with Crippen LogP contribution < -0.4 is 9.47 Å². The van der Waals surface area contributed by atoms with Crippen molar-refractivity contribution in [3.63, 3.8) is 0 Å². The number of aromatic nitrogens is 2. The number of nitrogens with zero attached hydrogens (tertiary/aromatic N) is 3. The summed E-state index contributed by atoms with van der Waals surface area (Å²) in [5, 5.41) is 12.3. The number of hydrogen-bond acceptors (Lipinski definition) is 6. The highest BCUT2D eigenvalue weighted by Crippen LogP contribution is 2.48. The molecule has 144 valence electrons. The molecule has 2 aliphatic heterocycles. The van der Waals surface area contributed by atoms with Crippen molar-refractivity contribution >= 4 is 11.6 Å². The Morgan fingerprint density at radius 1 is 1.19 bits per heavy atom. The Morgan fingerprint density at radius 2 is 1.89 bits per heavy atom. The summed E-state index contributed by atoms with van der Waals surface area (Å²) in [6.45, 7) is 0.807. The van der Waals surface area contributed by atoms with Crippen LogP contribution in [0.2, 0.25) is 5.02 Å². The number of benzene rings is 1. The van der Waals surface area contributed by atoms with Crippen molar-refractivity contribution in [1.82, 2.24) is 14.9 Å². The van der Waals surface area contributed by atoms with Crippen LogP contribution in [0, 0.1) is 0 Å². The van der Waals surface area contributed by atoms with Gasteiger partial charge in [-0.05, 0) is 37.3 Å². The standard InChI is InChI=1S/C20H24ClN3O3/c1-26-18-16(11-22-19(23-18)27-2)20(25)9-14-7-8-15(10-20)24(14)12-13-5-3-4-6-17(13)21/h3-6,11,14-15,25H,7-10,12H2,1-2H3. The Bertz CT molecular complexity index is 818. The van der Waals surface area contributed by atoms with E-state index in [0.29, 0.717) is 24.3 Å². The Morgan fingerprint density at radius 3 is 2.52 bits per heavy atom. The lowest BCUT2D eigenvalue weighted by atomic mass is 9.81. The van der Waals surface area contributed by atoms with Crippen molar-refractivity contribution in [2.45, 2.75) is 49.9 Å². The van der Waals surface area contributed by atoms with E-state index >= 15 is 0 Å². The second kappa shape index (κ2) is 7.26. The fourth-order valence-electron chi connectivity index (χ4n) is 4.54. The first kappa shape index (κ1) is 18.5. The van der Waals surface area contributed by atoms with E-state index in [0.717, 1.165) is 30.0 Å². The average molecular weight is 390 g/mol. The molecule has 0 amide bonds. The summed E-state index contributed by atoms with van der Waals surface area (Å²) >= 11 is 6.36. The van der Waals surface area contributed by atoms with Gasteiger partial charge in [0.05, 0.1) is 25.4 Å². The van der Waals surface area contributed by atoms with Gasteiger partial charge in [-0.3, -0.25) is 4.90 Å². The average Bonchev–Trinajstić information content (AvgIpc) is 2.93. The number of rotatable bonds is 5. The minimum Gasteiger partial charge on any atom is -0.481 e. The molecular formula is C20H24ClN3O3. The third-order valence-electron chi connectivity index (χ3n) is 5.84. The molecule has 2 aromatic rings.